The summed E-state index contributed by atoms with van der Waals surface area (Å²) in [7, 11) is 0. The number of halogens is 1. The average Bonchev–Trinajstić information content (AvgIpc) is 2.63. The number of carbonyl (C=O) groups excluding carboxylic acids is 3. The molecule has 2 rings (SSSR count). The quantitative estimate of drug-likeness (QED) is 0.764. The normalized spacial score (nSPS) is 11.4. The number of hydrogen-bond acceptors (Lipinski definition) is 4. The Morgan fingerprint density at radius 3 is 2.44 bits per heavy atom. The molecule has 6 nitrogen and oxygen atoms in total. The number of aryl methyl sites for hydroxylation is 2. The molecular formula is C20H21FN2O4. The standard InChI is InChI=1S/C20H21FN2O4/c1-12-8-9-15(10-13(12)2)20(26)22-11-18(24)27-14(3)19(25)23-17-7-5-4-6-16(17)21/h4-10,14H,11H2,1-3H3,(H,22,26)(H,23,25)/t14-/m1/s1. The maximum atomic E-state index is 13.5. The maximum Gasteiger partial charge on any atom is 0.326 e. The Morgan fingerprint density at radius 2 is 1.78 bits per heavy atom. The number of carbonyl (C=O) groups is 3. The molecule has 0 heterocycles. The van der Waals surface area contributed by atoms with Gasteiger partial charge in [-0.25, -0.2) is 4.39 Å². The maximum absolute atomic E-state index is 13.5. The first-order chi connectivity index (χ1) is 12.8. The molecule has 0 saturated carbocycles. The predicted octanol–water partition coefficient (Wildman–Crippen LogP) is 2.74. The smallest absolute Gasteiger partial charge is 0.326 e. The van der Waals surface area contributed by atoms with Crippen molar-refractivity contribution in [2.24, 2.45) is 0 Å². The van der Waals surface area contributed by atoms with Gasteiger partial charge in [-0.2, -0.15) is 0 Å². The summed E-state index contributed by atoms with van der Waals surface area (Å²) in [5.74, 6) is -2.46. The van der Waals surface area contributed by atoms with Crippen molar-refractivity contribution in [3.8, 4) is 0 Å². The Balaban J connectivity index is 1.83. The second kappa shape index (κ2) is 8.93. The van der Waals surface area contributed by atoms with E-state index < -0.39 is 29.7 Å². The Morgan fingerprint density at radius 1 is 1.07 bits per heavy atom. The molecule has 2 aromatic carbocycles. The molecule has 0 aliphatic carbocycles. The van der Waals surface area contributed by atoms with E-state index in [0.29, 0.717) is 5.56 Å². The van der Waals surface area contributed by atoms with Crippen molar-refractivity contribution >= 4 is 23.5 Å². The lowest BCUT2D eigenvalue weighted by Gasteiger charge is -2.14. The van der Waals surface area contributed by atoms with Crippen LogP contribution in [0.5, 0.6) is 0 Å². The molecule has 2 N–H and O–H groups in total. The Hall–Kier alpha value is -3.22. The highest BCUT2D eigenvalue weighted by Crippen LogP contribution is 2.13. The average molecular weight is 372 g/mol. The minimum absolute atomic E-state index is 0.00607. The highest BCUT2D eigenvalue weighted by atomic mass is 19.1. The molecule has 1 atom stereocenters. The molecule has 2 amide bonds. The molecule has 27 heavy (non-hydrogen) atoms. The SMILES string of the molecule is Cc1ccc(C(=O)NCC(=O)O[C@H](C)C(=O)Nc2ccccc2F)cc1C. The van der Waals surface area contributed by atoms with Crippen LogP contribution in [0, 0.1) is 19.7 Å². The van der Waals surface area contributed by atoms with E-state index in [1.165, 1.54) is 25.1 Å². The van der Waals surface area contributed by atoms with E-state index in [-0.39, 0.29) is 12.2 Å². The van der Waals surface area contributed by atoms with Gasteiger partial charge >= 0.3 is 5.97 Å². The van der Waals surface area contributed by atoms with E-state index in [9.17, 15) is 18.8 Å². The summed E-state index contributed by atoms with van der Waals surface area (Å²) < 4.78 is 18.5. The van der Waals surface area contributed by atoms with Crippen molar-refractivity contribution in [2.45, 2.75) is 26.9 Å². The molecule has 0 aliphatic rings. The molecule has 0 unspecified atom stereocenters. The van der Waals surface area contributed by atoms with Crippen molar-refractivity contribution in [3.63, 3.8) is 0 Å². The third-order valence-corrected chi connectivity index (χ3v) is 3.97. The van der Waals surface area contributed by atoms with E-state index in [0.717, 1.165) is 11.1 Å². The van der Waals surface area contributed by atoms with Gasteiger partial charge in [0.05, 0.1) is 5.69 Å². The topological polar surface area (TPSA) is 84.5 Å². The highest BCUT2D eigenvalue weighted by molar-refractivity contribution is 5.97. The molecule has 0 fully saturated rings. The van der Waals surface area contributed by atoms with Crippen LogP contribution in [0.4, 0.5) is 10.1 Å². The number of hydrogen-bond donors (Lipinski definition) is 2. The Bertz CT molecular complexity index is 867. The van der Waals surface area contributed by atoms with Gasteiger partial charge in [0.15, 0.2) is 6.10 Å². The number of ether oxygens (including phenoxy) is 1. The first-order valence-corrected chi connectivity index (χ1v) is 8.38. The number of benzene rings is 2. The van der Waals surface area contributed by atoms with Gasteiger partial charge in [0.25, 0.3) is 11.8 Å². The van der Waals surface area contributed by atoms with Crippen LogP contribution < -0.4 is 10.6 Å². The lowest BCUT2D eigenvalue weighted by Crippen LogP contribution is -2.36. The van der Waals surface area contributed by atoms with Gasteiger partial charge in [0.2, 0.25) is 0 Å². The predicted molar refractivity (Wildman–Crippen MR) is 98.8 cm³/mol. The summed E-state index contributed by atoms with van der Waals surface area (Å²) in [6.07, 6.45) is -1.14. The lowest BCUT2D eigenvalue weighted by atomic mass is 10.1. The first-order valence-electron chi connectivity index (χ1n) is 8.38. The third kappa shape index (κ3) is 5.64. The van der Waals surface area contributed by atoms with Gasteiger partial charge < -0.3 is 15.4 Å². The van der Waals surface area contributed by atoms with E-state index in [1.807, 2.05) is 19.9 Å². The van der Waals surface area contributed by atoms with Crippen LogP contribution in [0.25, 0.3) is 0 Å². The summed E-state index contributed by atoms with van der Waals surface area (Å²) in [6.45, 7) is 4.79. The first kappa shape index (κ1) is 20.1. The fourth-order valence-corrected chi connectivity index (χ4v) is 2.23. The van der Waals surface area contributed by atoms with E-state index in [2.05, 4.69) is 10.6 Å². The van der Waals surface area contributed by atoms with Gasteiger partial charge in [-0.15, -0.1) is 0 Å². The van der Waals surface area contributed by atoms with Gasteiger partial charge in [-0.3, -0.25) is 14.4 Å². The van der Waals surface area contributed by atoms with E-state index in [1.54, 1.807) is 18.2 Å². The van der Waals surface area contributed by atoms with Crippen molar-refractivity contribution in [1.82, 2.24) is 5.32 Å². The van der Waals surface area contributed by atoms with E-state index >= 15 is 0 Å². The minimum atomic E-state index is -1.14. The van der Waals surface area contributed by atoms with Crippen molar-refractivity contribution in [3.05, 3.63) is 65.0 Å². The van der Waals surface area contributed by atoms with Gasteiger partial charge in [0, 0.05) is 5.56 Å². The van der Waals surface area contributed by atoms with Gasteiger partial charge in [-0.1, -0.05) is 18.2 Å². The number of esters is 1. The van der Waals surface area contributed by atoms with Crippen LogP contribution in [0.3, 0.4) is 0 Å². The van der Waals surface area contributed by atoms with Crippen LogP contribution in [-0.4, -0.2) is 30.4 Å². The van der Waals surface area contributed by atoms with Crippen molar-refractivity contribution in [2.75, 3.05) is 11.9 Å². The zero-order valence-corrected chi connectivity index (χ0v) is 15.3. The number of para-hydroxylation sites is 1. The molecule has 0 aliphatic heterocycles. The molecule has 142 valence electrons. The summed E-state index contributed by atoms with van der Waals surface area (Å²) >= 11 is 0. The van der Waals surface area contributed by atoms with Crippen molar-refractivity contribution < 1.29 is 23.5 Å². The fourth-order valence-electron chi connectivity index (χ4n) is 2.23. The molecule has 0 radical (unpaired) electrons. The Labute approximate surface area is 156 Å². The molecule has 0 saturated heterocycles. The highest BCUT2D eigenvalue weighted by Gasteiger charge is 2.19. The summed E-state index contributed by atoms with van der Waals surface area (Å²) in [5.41, 5.74) is 2.44. The second-order valence-electron chi connectivity index (χ2n) is 6.08. The van der Waals surface area contributed by atoms with Crippen LogP contribution in [0.15, 0.2) is 42.5 Å². The zero-order valence-electron chi connectivity index (χ0n) is 15.3. The number of nitrogens with one attached hydrogen (secondary N) is 2. The van der Waals surface area contributed by atoms with Crippen molar-refractivity contribution in [1.29, 1.82) is 0 Å². The molecule has 2 aromatic rings. The minimum Gasteiger partial charge on any atom is -0.451 e. The fraction of sp³-hybridized carbons (Fsp3) is 0.250. The number of amides is 2. The zero-order chi connectivity index (χ0) is 20.0. The molecular weight excluding hydrogens is 351 g/mol. The number of anilines is 1. The van der Waals surface area contributed by atoms with Gasteiger partial charge in [0.1, 0.15) is 12.4 Å². The van der Waals surface area contributed by atoms with Crippen LogP contribution in [0.2, 0.25) is 0 Å². The largest absolute Gasteiger partial charge is 0.451 e. The molecule has 7 heteroatoms. The summed E-state index contributed by atoms with van der Waals surface area (Å²) in [6, 6.07) is 10.9. The van der Waals surface area contributed by atoms with Gasteiger partial charge in [-0.05, 0) is 56.2 Å². The second-order valence-corrected chi connectivity index (χ2v) is 6.08. The number of rotatable bonds is 6. The Kier molecular flexibility index (Phi) is 6.65. The summed E-state index contributed by atoms with van der Waals surface area (Å²) in [4.78, 5) is 35.9. The van der Waals surface area contributed by atoms with Crippen LogP contribution in [-0.2, 0) is 14.3 Å². The monoisotopic (exact) mass is 372 g/mol. The molecule has 0 spiro atoms. The third-order valence-electron chi connectivity index (χ3n) is 3.97. The van der Waals surface area contributed by atoms with E-state index in [4.69, 9.17) is 4.74 Å². The molecule has 0 aromatic heterocycles. The lowest BCUT2D eigenvalue weighted by molar-refractivity contribution is -0.152. The molecule has 0 bridgehead atoms. The summed E-state index contributed by atoms with van der Waals surface area (Å²) in [5, 5.41) is 4.78. The van der Waals surface area contributed by atoms with Crippen LogP contribution in [0.1, 0.15) is 28.4 Å². The van der Waals surface area contributed by atoms with Crippen LogP contribution >= 0.6 is 0 Å².